The van der Waals surface area contributed by atoms with E-state index in [0.717, 1.165) is 6.54 Å². The standard InChI is InChI=1S/C14H17FN2O2/c15-11-3-1-2-4-12(11)17-8-6-13(14(17)19)16-7-5-10(18)9-16/h1-4,10,13,18H,5-9H2/t10-,13?/m1/s1. The van der Waals surface area contributed by atoms with Gasteiger partial charge in [-0.1, -0.05) is 12.1 Å². The van der Waals surface area contributed by atoms with E-state index in [9.17, 15) is 14.3 Å². The number of halogens is 1. The van der Waals surface area contributed by atoms with Crippen LogP contribution in [0.25, 0.3) is 0 Å². The van der Waals surface area contributed by atoms with Crippen LogP contribution in [0.3, 0.4) is 0 Å². The largest absolute Gasteiger partial charge is 0.392 e. The Morgan fingerprint density at radius 2 is 2.00 bits per heavy atom. The van der Waals surface area contributed by atoms with Crippen molar-refractivity contribution in [1.29, 1.82) is 0 Å². The zero-order valence-electron chi connectivity index (χ0n) is 10.6. The molecule has 0 aromatic heterocycles. The summed E-state index contributed by atoms with van der Waals surface area (Å²) in [7, 11) is 0. The summed E-state index contributed by atoms with van der Waals surface area (Å²) in [6.07, 6.45) is 1.07. The lowest BCUT2D eigenvalue weighted by Crippen LogP contribution is -2.41. The summed E-state index contributed by atoms with van der Waals surface area (Å²) in [5, 5.41) is 9.55. The highest BCUT2D eigenvalue weighted by atomic mass is 19.1. The van der Waals surface area contributed by atoms with Crippen LogP contribution in [0, 0.1) is 5.82 Å². The molecule has 2 aliphatic rings. The van der Waals surface area contributed by atoms with Crippen molar-refractivity contribution in [1.82, 2.24) is 4.90 Å². The van der Waals surface area contributed by atoms with E-state index in [1.165, 1.54) is 11.0 Å². The maximum absolute atomic E-state index is 13.7. The van der Waals surface area contributed by atoms with Gasteiger partial charge in [0.2, 0.25) is 5.91 Å². The SMILES string of the molecule is O=C1C(N2CC[C@@H](O)C2)CCN1c1ccccc1F. The number of β-amino-alcohol motifs (C(OH)–C–C–N with tert-alkyl or cyclic N) is 1. The lowest BCUT2D eigenvalue weighted by molar-refractivity contribution is -0.121. The number of aliphatic hydroxyl groups is 1. The van der Waals surface area contributed by atoms with Crippen molar-refractivity contribution in [2.24, 2.45) is 0 Å². The molecule has 0 saturated carbocycles. The van der Waals surface area contributed by atoms with E-state index in [2.05, 4.69) is 0 Å². The molecule has 1 aromatic carbocycles. The van der Waals surface area contributed by atoms with Crippen LogP contribution < -0.4 is 4.90 Å². The number of nitrogens with zero attached hydrogens (tertiary/aromatic N) is 2. The van der Waals surface area contributed by atoms with Crippen molar-refractivity contribution in [3.63, 3.8) is 0 Å². The summed E-state index contributed by atoms with van der Waals surface area (Å²) in [4.78, 5) is 15.9. The molecule has 5 heteroatoms. The molecule has 1 N–H and O–H groups in total. The van der Waals surface area contributed by atoms with Crippen molar-refractivity contribution in [2.45, 2.75) is 25.0 Å². The minimum Gasteiger partial charge on any atom is -0.392 e. The van der Waals surface area contributed by atoms with Gasteiger partial charge in [-0.3, -0.25) is 9.69 Å². The molecule has 2 fully saturated rings. The highest BCUT2D eigenvalue weighted by Gasteiger charge is 2.39. The number of para-hydroxylation sites is 1. The quantitative estimate of drug-likeness (QED) is 0.866. The number of hydrogen-bond acceptors (Lipinski definition) is 3. The normalized spacial score (nSPS) is 28.3. The van der Waals surface area contributed by atoms with Gasteiger partial charge in [0.15, 0.2) is 0 Å². The van der Waals surface area contributed by atoms with Gasteiger partial charge in [0, 0.05) is 19.6 Å². The molecule has 0 spiro atoms. The Kier molecular flexibility index (Phi) is 3.24. The van der Waals surface area contributed by atoms with Crippen LogP contribution in [0.4, 0.5) is 10.1 Å². The second kappa shape index (κ2) is 4.90. The van der Waals surface area contributed by atoms with Gasteiger partial charge in [0.25, 0.3) is 0 Å². The third-order valence-corrected chi connectivity index (χ3v) is 3.96. The van der Waals surface area contributed by atoms with Gasteiger partial charge in [-0.25, -0.2) is 4.39 Å². The number of aliphatic hydroxyl groups excluding tert-OH is 1. The van der Waals surface area contributed by atoms with Crippen LogP contribution in [0.2, 0.25) is 0 Å². The van der Waals surface area contributed by atoms with Crippen LogP contribution in [0.1, 0.15) is 12.8 Å². The summed E-state index contributed by atoms with van der Waals surface area (Å²) >= 11 is 0. The van der Waals surface area contributed by atoms with Gasteiger partial charge < -0.3 is 10.0 Å². The number of hydrogen-bond donors (Lipinski definition) is 1. The van der Waals surface area contributed by atoms with E-state index in [4.69, 9.17) is 0 Å². The van der Waals surface area contributed by atoms with Crippen LogP contribution in [-0.4, -0.2) is 47.7 Å². The molecule has 1 unspecified atom stereocenters. The first-order chi connectivity index (χ1) is 9.16. The molecule has 1 aromatic rings. The molecular formula is C14H17FN2O2. The minimum absolute atomic E-state index is 0.0563. The molecule has 2 saturated heterocycles. The molecule has 3 rings (SSSR count). The zero-order valence-corrected chi connectivity index (χ0v) is 10.6. The van der Waals surface area contributed by atoms with Crippen LogP contribution in [-0.2, 0) is 4.79 Å². The Morgan fingerprint density at radius 3 is 2.68 bits per heavy atom. The van der Waals surface area contributed by atoms with Crippen LogP contribution in [0.15, 0.2) is 24.3 Å². The van der Waals surface area contributed by atoms with Gasteiger partial charge in [-0.05, 0) is 25.0 Å². The Balaban J connectivity index is 1.77. The maximum atomic E-state index is 13.7. The van der Waals surface area contributed by atoms with Crippen molar-refractivity contribution >= 4 is 11.6 Å². The summed E-state index contributed by atoms with van der Waals surface area (Å²) in [6, 6.07) is 6.15. The molecular weight excluding hydrogens is 247 g/mol. The van der Waals surface area contributed by atoms with Gasteiger partial charge in [0.1, 0.15) is 5.82 Å². The number of carbonyl (C=O) groups excluding carboxylic acids is 1. The fourth-order valence-corrected chi connectivity index (χ4v) is 2.96. The Labute approximate surface area is 111 Å². The molecule has 1 amide bonds. The van der Waals surface area contributed by atoms with Crippen molar-refractivity contribution in [3.05, 3.63) is 30.1 Å². The summed E-state index contributed by atoms with van der Waals surface area (Å²) in [5.74, 6) is -0.419. The van der Waals surface area contributed by atoms with Gasteiger partial charge in [-0.2, -0.15) is 0 Å². The molecule has 0 radical (unpaired) electrons. The molecule has 2 atom stereocenters. The first-order valence-corrected chi connectivity index (χ1v) is 6.65. The van der Waals surface area contributed by atoms with E-state index in [1.54, 1.807) is 18.2 Å². The predicted molar refractivity (Wildman–Crippen MR) is 69.4 cm³/mol. The fourth-order valence-electron chi connectivity index (χ4n) is 2.96. The number of amides is 1. The highest BCUT2D eigenvalue weighted by Crippen LogP contribution is 2.28. The van der Waals surface area contributed by atoms with E-state index < -0.39 is 0 Å². The molecule has 2 aliphatic heterocycles. The Bertz CT molecular complexity index is 494. The Morgan fingerprint density at radius 1 is 1.21 bits per heavy atom. The summed E-state index contributed by atoms with van der Waals surface area (Å²) in [5.41, 5.74) is 0.356. The van der Waals surface area contributed by atoms with E-state index in [1.807, 2.05) is 4.90 Å². The molecule has 19 heavy (non-hydrogen) atoms. The first kappa shape index (κ1) is 12.6. The highest BCUT2D eigenvalue weighted by molar-refractivity contribution is 5.99. The number of anilines is 1. The summed E-state index contributed by atoms with van der Waals surface area (Å²) in [6.45, 7) is 1.82. The third-order valence-electron chi connectivity index (χ3n) is 3.96. The minimum atomic E-state index is -0.363. The van der Waals surface area contributed by atoms with Crippen molar-refractivity contribution in [3.8, 4) is 0 Å². The molecule has 0 aliphatic carbocycles. The van der Waals surface area contributed by atoms with E-state index >= 15 is 0 Å². The molecule has 102 valence electrons. The van der Waals surface area contributed by atoms with Gasteiger partial charge >= 0.3 is 0 Å². The Hall–Kier alpha value is -1.46. The first-order valence-electron chi connectivity index (χ1n) is 6.65. The van der Waals surface area contributed by atoms with Crippen molar-refractivity contribution < 1.29 is 14.3 Å². The number of carbonyl (C=O) groups is 1. The van der Waals surface area contributed by atoms with Crippen LogP contribution in [0.5, 0.6) is 0 Å². The zero-order chi connectivity index (χ0) is 13.4. The maximum Gasteiger partial charge on any atom is 0.244 e. The second-order valence-corrected chi connectivity index (χ2v) is 5.18. The molecule has 0 bridgehead atoms. The molecule has 2 heterocycles. The average molecular weight is 264 g/mol. The van der Waals surface area contributed by atoms with E-state index in [-0.39, 0.29) is 23.9 Å². The van der Waals surface area contributed by atoms with E-state index in [0.29, 0.717) is 31.6 Å². The average Bonchev–Trinajstić information content (AvgIpc) is 2.97. The van der Waals surface area contributed by atoms with Gasteiger partial charge in [0.05, 0.1) is 17.8 Å². The number of benzene rings is 1. The number of likely N-dealkylation sites (tertiary alicyclic amines) is 1. The third kappa shape index (κ3) is 2.24. The smallest absolute Gasteiger partial charge is 0.244 e. The monoisotopic (exact) mass is 264 g/mol. The predicted octanol–water partition coefficient (Wildman–Crippen LogP) is 0.998. The fraction of sp³-hybridized carbons (Fsp3) is 0.500. The topological polar surface area (TPSA) is 43.8 Å². The second-order valence-electron chi connectivity index (χ2n) is 5.18. The van der Waals surface area contributed by atoms with Gasteiger partial charge in [-0.15, -0.1) is 0 Å². The van der Waals surface area contributed by atoms with Crippen molar-refractivity contribution in [2.75, 3.05) is 24.5 Å². The summed E-state index contributed by atoms with van der Waals surface area (Å²) < 4.78 is 13.7. The molecule has 4 nitrogen and oxygen atoms in total. The van der Waals surface area contributed by atoms with Crippen LogP contribution >= 0.6 is 0 Å². The lowest BCUT2D eigenvalue weighted by Gasteiger charge is -2.23. The number of rotatable bonds is 2. The lowest BCUT2D eigenvalue weighted by atomic mass is 10.2.